The van der Waals surface area contributed by atoms with E-state index in [1.54, 1.807) is 24.3 Å². The fraction of sp³-hybridized carbons (Fsp3) is 0.207. The van der Waals surface area contributed by atoms with Crippen LogP contribution in [0.25, 0.3) is 4.85 Å². The van der Waals surface area contributed by atoms with Crippen molar-refractivity contribution >= 4 is 39.2 Å². The number of aliphatic hydroxyl groups is 1. The Balaban J connectivity index is 0.00000264. The van der Waals surface area contributed by atoms with Crippen molar-refractivity contribution in [3.05, 3.63) is 105 Å². The van der Waals surface area contributed by atoms with Crippen LogP contribution in [0.1, 0.15) is 38.8 Å². The van der Waals surface area contributed by atoms with Crippen LogP contribution in [0.5, 0.6) is 0 Å². The molecule has 3 aliphatic rings. The maximum Gasteiger partial charge on any atom is 1.00 e. The van der Waals surface area contributed by atoms with Gasteiger partial charge in [0.05, 0.1) is 41.0 Å². The Labute approximate surface area is 344 Å². The molecule has 0 unspecified atom stereocenters. The van der Waals surface area contributed by atoms with Crippen LogP contribution >= 0.6 is 12.0 Å². The van der Waals surface area contributed by atoms with E-state index in [9.17, 15) is 28.6 Å². The summed E-state index contributed by atoms with van der Waals surface area (Å²) in [7, 11) is -4.67. The van der Waals surface area contributed by atoms with Gasteiger partial charge in [0.15, 0.2) is 0 Å². The first-order valence-electron chi connectivity index (χ1n) is 12.4. The molecule has 0 atom stereocenters. The van der Waals surface area contributed by atoms with Gasteiger partial charge in [0.25, 0.3) is 5.70 Å². The maximum absolute atomic E-state index is 11.6. The second-order valence-electron chi connectivity index (χ2n) is 10.8. The zero-order valence-corrected chi connectivity index (χ0v) is 32.6. The van der Waals surface area contributed by atoms with Crippen molar-refractivity contribution in [1.29, 1.82) is 5.26 Å². The number of nitriles is 1. The normalized spacial score (nSPS) is 20.2. The van der Waals surface area contributed by atoms with Crippen LogP contribution in [0.15, 0.2) is 97.2 Å². The molecule has 0 amide bonds. The van der Waals surface area contributed by atoms with E-state index in [2.05, 4.69) is 19.5 Å². The molecular formula is C29H22K2N4O7S2. The van der Waals surface area contributed by atoms with Gasteiger partial charge in [-0.15, -0.1) is 0 Å². The fourth-order valence-electron chi connectivity index (χ4n) is 5.22. The third-order valence-electron chi connectivity index (χ3n) is 7.65. The third-order valence-corrected chi connectivity index (χ3v) is 9.05. The van der Waals surface area contributed by atoms with Crippen LogP contribution in [0.3, 0.4) is 0 Å². The summed E-state index contributed by atoms with van der Waals surface area (Å²) in [6.07, 6.45) is 3.26. The summed E-state index contributed by atoms with van der Waals surface area (Å²) in [5.41, 5.74) is 2.95. The molecule has 0 bridgehead atoms. The summed E-state index contributed by atoms with van der Waals surface area (Å²) in [5.74, 6) is -0.142. The Morgan fingerprint density at radius 1 is 1.14 bits per heavy atom. The number of hydrogen-bond acceptors (Lipinski definition) is 11. The van der Waals surface area contributed by atoms with Crippen molar-refractivity contribution in [3.8, 4) is 6.07 Å². The number of anilines is 1. The van der Waals surface area contributed by atoms with Crippen LogP contribution in [-0.4, -0.2) is 23.8 Å². The molecule has 0 radical (unpaired) electrons. The zero-order chi connectivity index (χ0) is 30.6. The largest absolute Gasteiger partial charge is 1.00 e. The van der Waals surface area contributed by atoms with E-state index in [0.717, 1.165) is 17.6 Å². The predicted molar refractivity (Wildman–Crippen MR) is 151 cm³/mol. The average Bonchev–Trinajstić information content (AvgIpc) is 3.35. The van der Waals surface area contributed by atoms with Gasteiger partial charge in [0, 0.05) is 43.8 Å². The molecule has 0 aromatic heterocycles. The number of fused-ring (bicyclic) bond motifs is 2. The topological polar surface area (TPSA) is 171 Å². The van der Waals surface area contributed by atoms with Crippen molar-refractivity contribution in [2.24, 2.45) is 4.99 Å². The molecule has 11 nitrogen and oxygen atoms in total. The summed E-state index contributed by atoms with van der Waals surface area (Å²) < 4.78 is 39.2. The maximum atomic E-state index is 11.6. The van der Waals surface area contributed by atoms with E-state index in [1.165, 1.54) is 18.2 Å². The SMILES string of the molecule is [C-]#[N+]/C(C#N)=C1\C(=CC2=Nc3ccc(SOO[O-])cc3C2(C)C)C(O)=C1C=C1Nc2ccc(S(=O)(=O)[O-])cc2C1(C)C.[K+].[K+]. The van der Waals surface area contributed by atoms with E-state index in [4.69, 9.17) is 11.6 Å². The Morgan fingerprint density at radius 2 is 1.84 bits per heavy atom. The summed E-state index contributed by atoms with van der Waals surface area (Å²) in [5, 5.41) is 37.8. The van der Waals surface area contributed by atoms with Gasteiger partial charge in [-0.3, -0.25) is 10.0 Å². The van der Waals surface area contributed by atoms with Gasteiger partial charge in [-0.2, -0.15) is 4.33 Å². The molecule has 0 saturated carbocycles. The van der Waals surface area contributed by atoms with Crippen molar-refractivity contribution in [2.75, 3.05) is 5.32 Å². The fourth-order valence-corrected chi connectivity index (χ4v) is 6.12. The molecule has 2 N–H and O–H groups in total. The van der Waals surface area contributed by atoms with Gasteiger partial charge >= 0.3 is 103 Å². The number of rotatable bonds is 6. The number of nitrogens with zero attached hydrogens (tertiary/aromatic N) is 3. The van der Waals surface area contributed by atoms with Crippen LogP contribution in [0, 0.1) is 17.9 Å². The standard InChI is InChI=1S/C29H24N4O7S2.2K/c1-28(2)19-10-15(41-40-39-35)6-8-21(19)32-24(28)12-17-26(23(14-30)31-5)18(27(17)34)13-25-29(3,4)20-11-16(42(36,37)38)7-9-22(20)33-25;;/h6-13,33-35H,1-4H3,(H,36,37,38);;/q;2*+1/p-2/b17-12?,25-13?,26-23+;;. The van der Waals surface area contributed by atoms with Gasteiger partial charge in [-0.25, -0.2) is 18.5 Å². The van der Waals surface area contributed by atoms with Crippen LogP contribution in [0.2, 0.25) is 0 Å². The van der Waals surface area contributed by atoms with E-state index in [1.807, 2.05) is 39.8 Å². The number of benzene rings is 2. The smallest absolute Gasteiger partial charge is 0.744 e. The van der Waals surface area contributed by atoms with Crippen molar-refractivity contribution in [3.63, 3.8) is 0 Å². The van der Waals surface area contributed by atoms with E-state index in [0.29, 0.717) is 33.2 Å². The minimum atomic E-state index is -4.67. The third kappa shape index (κ3) is 6.72. The Hall–Kier alpha value is -0.937. The quantitative estimate of drug-likeness (QED) is 0.0728. The number of nitrogens with one attached hydrogen (secondary N) is 1. The monoisotopic (exact) mass is 680 g/mol. The number of aliphatic imine (C=N–C) groups is 1. The molecule has 0 fully saturated rings. The first-order valence-corrected chi connectivity index (χ1v) is 14.5. The summed E-state index contributed by atoms with van der Waals surface area (Å²) in [4.78, 5) is 8.36. The summed E-state index contributed by atoms with van der Waals surface area (Å²) >= 11 is 0.758. The van der Waals surface area contributed by atoms with Gasteiger partial charge in [-0.05, 0) is 59.7 Å². The molecule has 44 heavy (non-hydrogen) atoms. The van der Waals surface area contributed by atoms with Crippen LogP contribution in [0.4, 0.5) is 11.4 Å². The van der Waals surface area contributed by atoms with Gasteiger partial charge in [0.1, 0.15) is 15.9 Å². The average molecular weight is 681 g/mol. The van der Waals surface area contributed by atoms with Gasteiger partial charge in [0.2, 0.25) is 0 Å². The minimum Gasteiger partial charge on any atom is -0.744 e. The number of allylic oxidation sites excluding steroid dienone is 6. The molecule has 214 valence electrons. The van der Waals surface area contributed by atoms with Crippen molar-refractivity contribution < 1.29 is 135 Å². The molecule has 2 heterocycles. The number of aliphatic hydroxyl groups excluding tert-OH is 1. The predicted octanol–water partition coefficient (Wildman–Crippen LogP) is -1.07. The Morgan fingerprint density at radius 3 is 2.45 bits per heavy atom. The molecule has 2 aromatic carbocycles. The van der Waals surface area contributed by atoms with Gasteiger partial charge in [-0.1, -0.05) is 27.7 Å². The molecule has 1 aliphatic carbocycles. The first kappa shape index (κ1) is 37.5. The summed E-state index contributed by atoms with van der Waals surface area (Å²) in [6.45, 7) is 15.1. The van der Waals surface area contributed by atoms with Crippen molar-refractivity contribution in [2.45, 2.75) is 48.3 Å². The van der Waals surface area contributed by atoms with E-state index < -0.39 is 20.9 Å². The van der Waals surface area contributed by atoms with E-state index >= 15 is 0 Å². The Kier molecular flexibility index (Phi) is 12.0. The molecular weight excluding hydrogens is 659 g/mol. The summed E-state index contributed by atoms with van der Waals surface area (Å²) in [6, 6.07) is 11.2. The van der Waals surface area contributed by atoms with Gasteiger partial charge < -0.3 is 20.2 Å². The Bertz CT molecular complexity index is 1900. The van der Waals surface area contributed by atoms with Crippen molar-refractivity contribution in [1.82, 2.24) is 0 Å². The second kappa shape index (κ2) is 14.0. The van der Waals surface area contributed by atoms with Crippen LogP contribution in [-0.2, 0) is 30.3 Å². The second-order valence-corrected chi connectivity index (χ2v) is 12.9. The first-order chi connectivity index (χ1) is 19.7. The molecule has 0 saturated heterocycles. The molecule has 2 aromatic rings. The zero-order valence-electron chi connectivity index (χ0n) is 24.7. The molecule has 5 rings (SSSR count). The molecule has 2 aliphatic heterocycles. The molecule has 0 spiro atoms. The minimum absolute atomic E-state index is 0. The van der Waals surface area contributed by atoms with E-state index in [-0.39, 0.29) is 136 Å². The molecule has 15 heteroatoms. The van der Waals surface area contributed by atoms with Crippen LogP contribution < -0.4 is 113 Å². The number of hydrogen-bond donors (Lipinski definition) is 2.